The molecule has 0 saturated heterocycles. The summed E-state index contributed by atoms with van der Waals surface area (Å²) in [7, 11) is 0. The quantitative estimate of drug-likeness (QED) is 0.776. The Bertz CT molecular complexity index is 517. The Hall–Kier alpha value is -1.96. The third-order valence-corrected chi connectivity index (χ3v) is 3.63. The van der Waals surface area contributed by atoms with Crippen molar-refractivity contribution in [2.45, 2.75) is 32.7 Å². The zero-order chi connectivity index (χ0) is 13.7. The monoisotopic (exact) mass is 254 g/mol. The second-order valence-electron chi connectivity index (χ2n) is 4.98. The van der Waals surface area contributed by atoms with Crippen LogP contribution in [0.2, 0.25) is 0 Å². The zero-order valence-corrected chi connectivity index (χ0v) is 11.7. The van der Waals surface area contributed by atoms with Crippen LogP contribution in [0.25, 0.3) is 0 Å². The first-order valence-corrected chi connectivity index (χ1v) is 6.88. The maximum absolute atomic E-state index is 5.93. The second kappa shape index (κ2) is 6.28. The average molecular weight is 254 g/mol. The summed E-state index contributed by atoms with van der Waals surface area (Å²) in [6.45, 7) is 5.23. The second-order valence-corrected chi connectivity index (χ2v) is 4.98. The predicted octanol–water partition coefficient (Wildman–Crippen LogP) is 4.39. The molecule has 1 atom stereocenters. The van der Waals surface area contributed by atoms with E-state index in [9.17, 15) is 0 Å². The maximum Gasteiger partial charge on any atom is 0.0421 e. The summed E-state index contributed by atoms with van der Waals surface area (Å²) in [5, 5.41) is 3.41. The molecule has 0 saturated carbocycles. The van der Waals surface area contributed by atoms with Crippen molar-refractivity contribution in [3.8, 4) is 0 Å². The van der Waals surface area contributed by atoms with Gasteiger partial charge in [-0.2, -0.15) is 0 Å². The molecule has 0 aliphatic rings. The number of anilines is 2. The van der Waals surface area contributed by atoms with E-state index < -0.39 is 0 Å². The molecule has 2 aromatic rings. The van der Waals surface area contributed by atoms with Crippen LogP contribution < -0.4 is 11.1 Å². The van der Waals surface area contributed by atoms with E-state index in [0.29, 0.717) is 5.92 Å². The summed E-state index contributed by atoms with van der Waals surface area (Å²) >= 11 is 0. The van der Waals surface area contributed by atoms with Gasteiger partial charge in [0.25, 0.3) is 0 Å². The highest BCUT2D eigenvalue weighted by atomic mass is 14.9. The largest absolute Gasteiger partial charge is 0.398 e. The minimum Gasteiger partial charge on any atom is -0.398 e. The van der Waals surface area contributed by atoms with Crippen LogP contribution in [-0.4, -0.2) is 0 Å². The van der Waals surface area contributed by atoms with Gasteiger partial charge in [0.2, 0.25) is 0 Å². The smallest absolute Gasteiger partial charge is 0.0421 e. The molecule has 0 radical (unpaired) electrons. The molecule has 0 amide bonds. The van der Waals surface area contributed by atoms with Gasteiger partial charge in [-0.25, -0.2) is 0 Å². The number of benzene rings is 2. The van der Waals surface area contributed by atoms with E-state index in [1.165, 1.54) is 12.0 Å². The number of rotatable bonds is 5. The molecule has 19 heavy (non-hydrogen) atoms. The first-order valence-electron chi connectivity index (χ1n) is 6.88. The molecule has 0 bridgehead atoms. The van der Waals surface area contributed by atoms with Gasteiger partial charge < -0.3 is 11.1 Å². The van der Waals surface area contributed by atoms with Gasteiger partial charge in [-0.05, 0) is 41.7 Å². The van der Waals surface area contributed by atoms with E-state index in [-0.39, 0.29) is 0 Å². The number of nitrogens with one attached hydrogen (secondary N) is 1. The number of nitrogens with two attached hydrogens (primary N) is 1. The lowest BCUT2D eigenvalue weighted by Crippen LogP contribution is -2.02. The molecule has 3 N–H and O–H groups in total. The average Bonchev–Trinajstić information content (AvgIpc) is 2.46. The van der Waals surface area contributed by atoms with Crippen LogP contribution in [0.4, 0.5) is 11.4 Å². The first kappa shape index (κ1) is 13.5. The summed E-state index contributed by atoms with van der Waals surface area (Å²) in [5.41, 5.74) is 10.4. The molecule has 0 aliphatic heterocycles. The molecule has 0 aliphatic carbocycles. The molecule has 0 fully saturated rings. The molecule has 100 valence electrons. The van der Waals surface area contributed by atoms with Gasteiger partial charge in [0.1, 0.15) is 0 Å². The van der Waals surface area contributed by atoms with E-state index in [4.69, 9.17) is 5.73 Å². The molecular weight excluding hydrogens is 232 g/mol. The lowest BCUT2D eigenvalue weighted by molar-refractivity contribution is 0.734. The van der Waals surface area contributed by atoms with Crippen LogP contribution in [0, 0.1) is 0 Å². The maximum atomic E-state index is 5.93. The predicted molar refractivity (Wildman–Crippen MR) is 83.3 cm³/mol. The Morgan fingerprint density at radius 2 is 1.74 bits per heavy atom. The van der Waals surface area contributed by atoms with E-state index in [1.54, 1.807) is 0 Å². The third kappa shape index (κ3) is 3.50. The fraction of sp³-hybridized carbons (Fsp3) is 0.294. The summed E-state index contributed by atoms with van der Waals surface area (Å²) in [5.74, 6) is 0.624. The van der Waals surface area contributed by atoms with Crippen molar-refractivity contribution in [3.63, 3.8) is 0 Å². The topological polar surface area (TPSA) is 38.0 Å². The highest BCUT2D eigenvalue weighted by molar-refractivity contribution is 5.50. The molecule has 0 aromatic heterocycles. The summed E-state index contributed by atoms with van der Waals surface area (Å²) in [6.07, 6.45) is 1.17. The van der Waals surface area contributed by atoms with Gasteiger partial charge in [-0.15, -0.1) is 0 Å². The lowest BCUT2D eigenvalue weighted by atomic mass is 9.98. The van der Waals surface area contributed by atoms with Crippen molar-refractivity contribution >= 4 is 11.4 Å². The first-order chi connectivity index (χ1) is 9.20. The molecule has 2 heteroatoms. The van der Waals surface area contributed by atoms with Crippen molar-refractivity contribution in [2.24, 2.45) is 0 Å². The fourth-order valence-corrected chi connectivity index (χ4v) is 2.06. The summed E-state index contributed by atoms with van der Waals surface area (Å²) in [6, 6.07) is 16.6. The van der Waals surface area contributed by atoms with Gasteiger partial charge >= 0.3 is 0 Å². The van der Waals surface area contributed by atoms with Crippen molar-refractivity contribution in [1.82, 2.24) is 0 Å². The Morgan fingerprint density at radius 1 is 1.05 bits per heavy atom. The van der Waals surface area contributed by atoms with Gasteiger partial charge in [-0.1, -0.05) is 44.2 Å². The molecular formula is C17H22N2. The molecule has 1 unspecified atom stereocenters. The number of hydrogen-bond donors (Lipinski definition) is 2. The Kier molecular flexibility index (Phi) is 4.45. The minimum atomic E-state index is 0.624. The van der Waals surface area contributed by atoms with E-state index in [2.05, 4.69) is 49.5 Å². The van der Waals surface area contributed by atoms with Gasteiger partial charge in [-0.3, -0.25) is 0 Å². The molecule has 2 aromatic carbocycles. The molecule has 0 heterocycles. The SMILES string of the molecule is CCC(C)c1ccc(NCc2ccccc2N)cc1. The highest BCUT2D eigenvalue weighted by Gasteiger charge is 2.02. The normalized spacial score (nSPS) is 12.1. The van der Waals surface area contributed by atoms with Crippen LogP contribution in [0.3, 0.4) is 0 Å². The molecule has 2 nitrogen and oxygen atoms in total. The van der Waals surface area contributed by atoms with Gasteiger partial charge in [0.05, 0.1) is 0 Å². The summed E-state index contributed by atoms with van der Waals surface area (Å²) in [4.78, 5) is 0. The standard InChI is InChI=1S/C17H22N2/c1-3-13(2)14-8-10-16(11-9-14)19-12-15-6-4-5-7-17(15)18/h4-11,13,19H,3,12,18H2,1-2H3. The van der Waals surface area contributed by atoms with E-state index >= 15 is 0 Å². The van der Waals surface area contributed by atoms with Gasteiger partial charge in [0, 0.05) is 17.9 Å². The van der Waals surface area contributed by atoms with Crippen LogP contribution in [-0.2, 0) is 6.54 Å². The van der Waals surface area contributed by atoms with Gasteiger partial charge in [0.15, 0.2) is 0 Å². The molecule has 0 spiro atoms. The van der Waals surface area contributed by atoms with Crippen molar-refractivity contribution in [2.75, 3.05) is 11.1 Å². The fourth-order valence-electron chi connectivity index (χ4n) is 2.06. The molecule has 2 rings (SSSR count). The van der Waals surface area contributed by atoms with Crippen molar-refractivity contribution in [1.29, 1.82) is 0 Å². The van der Waals surface area contributed by atoms with Crippen molar-refractivity contribution in [3.05, 3.63) is 59.7 Å². The zero-order valence-electron chi connectivity index (χ0n) is 11.7. The Labute approximate surface area is 115 Å². The Balaban J connectivity index is 1.99. The van der Waals surface area contributed by atoms with Crippen LogP contribution >= 0.6 is 0 Å². The number of para-hydroxylation sites is 1. The van der Waals surface area contributed by atoms with Crippen LogP contribution in [0.5, 0.6) is 0 Å². The minimum absolute atomic E-state index is 0.624. The third-order valence-electron chi connectivity index (χ3n) is 3.63. The summed E-state index contributed by atoms with van der Waals surface area (Å²) < 4.78 is 0. The number of nitrogen functional groups attached to an aromatic ring is 1. The Morgan fingerprint density at radius 3 is 2.37 bits per heavy atom. The van der Waals surface area contributed by atoms with Crippen molar-refractivity contribution < 1.29 is 0 Å². The van der Waals surface area contributed by atoms with E-state index in [1.807, 2.05) is 18.2 Å². The van der Waals surface area contributed by atoms with Crippen LogP contribution in [0.1, 0.15) is 37.3 Å². The highest BCUT2D eigenvalue weighted by Crippen LogP contribution is 2.21. The lowest BCUT2D eigenvalue weighted by Gasteiger charge is -2.12. The van der Waals surface area contributed by atoms with Crippen LogP contribution in [0.15, 0.2) is 48.5 Å². The number of hydrogen-bond acceptors (Lipinski definition) is 2. The van der Waals surface area contributed by atoms with E-state index in [0.717, 1.165) is 23.5 Å².